The highest BCUT2D eigenvalue weighted by atomic mass is 16.2. The maximum atomic E-state index is 10.8. The summed E-state index contributed by atoms with van der Waals surface area (Å²) in [5, 5.41) is 2.56. The van der Waals surface area contributed by atoms with Crippen molar-refractivity contribution < 1.29 is 9.59 Å². The van der Waals surface area contributed by atoms with Gasteiger partial charge < -0.3 is 11.1 Å². The second-order valence-electron chi connectivity index (χ2n) is 2.54. The summed E-state index contributed by atoms with van der Waals surface area (Å²) >= 11 is 0. The van der Waals surface area contributed by atoms with E-state index in [4.69, 9.17) is 5.73 Å². The smallest absolute Gasteiger partial charge is 0.223 e. The fourth-order valence-corrected chi connectivity index (χ4v) is 1.08. The maximum absolute atomic E-state index is 10.8. The van der Waals surface area contributed by atoms with Gasteiger partial charge in [0, 0.05) is 12.5 Å². The molecule has 1 heterocycles. The van der Waals surface area contributed by atoms with Crippen LogP contribution in [0.5, 0.6) is 0 Å². The minimum atomic E-state index is -0.397. The first kappa shape index (κ1) is 7.05. The standard InChI is InChI=1S/C6H10N2O2/c1-3-4(5(7)9)2-8-6(3)10/h3-4H,2H2,1H3,(H2,7,9)(H,8,10)/t3?,4-/m0/s1. The van der Waals surface area contributed by atoms with Gasteiger partial charge in [0.1, 0.15) is 0 Å². The molecule has 1 rings (SSSR count). The van der Waals surface area contributed by atoms with Crippen LogP contribution in [0.15, 0.2) is 0 Å². The number of primary amides is 1. The van der Waals surface area contributed by atoms with Crippen molar-refractivity contribution in [1.29, 1.82) is 0 Å². The number of amides is 2. The molecular weight excluding hydrogens is 132 g/mol. The minimum Gasteiger partial charge on any atom is -0.369 e. The molecule has 1 unspecified atom stereocenters. The molecule has 10 heavy (non-hydrogen) atoms. The highest BCUT2D eigenvalue weighted by molar-refractivity contribution is 5.90. The van der Waals surface area contributed by atoms with Crippen molar-refractivity contribution >= 4 is 11.8 Å². The van der Waals surface area contributed by atoms with Gasteiger partial charge in [-0.05, 0) is 0 Å². The number of rotatable bonds is 1. The number of carbonyl (C=O) groups excluding carboxylic acids is 2. The van der Waals surface area contributed by atoms with Crippen LogP contribution in [0.1, 0.15) is 6.92 Å². The van der Waals surface area contributed by atoms with Crippen molar-refractivity contribution in [3.63, 3.8) is 0 Å². The molecular formula is C6H10N2O2. The van der Waals surface area contributed by atoms with Gasteiger partial charge in [0.15, 0.2) is 0 Å². The van der Waals surface area contributed by atoms with Crippen LogP contribution in [0.25, 0.3) is 0 Å². The SMILES string of the molecule is CC1C(=O)NC[C@@H]1C(N)=O. The summed E-state index contributed by atoms with van der Waals surface area (Å²) in [5.74, 6) is -1.04. The van der Waals surface area contributed by atoms with E-state index in [2.05, 4.69) is 5.32 Å². The molecule has 56 valence electrons. The van der Waals surface area contributed by atoms with Crippen molar-refractivity contribution in [3.05, 3.63) is 0 Å². The third-order valence-corrected chi connectivity index (χ3v) is 1.88. The van der Waals surface area contributed by atoms with E-state index in [0.29, 0.717) is 6.54 Å². The largest absolute Gasteiger partial charge is 0.369 e. The van der Waals surface area contributed by atoms with Gasteiger partial charge in [-0.25, -0.2) is 0 Å². The molecule has 2 atom stereocenters. The van der Waals surface area contributed by atoms with Gasteiger partial charge >= 0.3 is 0 Å². The molecule has 0 radical (unpaired) electrons. The van der Waals surface area contributed by atoms with Crippen molar-refractivity contribution in [3.8, 4) is 0 Å². The van der Waals surface area contributed by atoms with Gasteiger partial charge in [0.05, 0.1) is 5.92 Å². The lowest BCUT2D eigenvalue weighted by atomic mass is 9.97. The van der Waals surface area contributed by atoms with Gasteiger partial charge in [0.25, 0.3) is 0 Å². The van der Waals surface area contributed by atoms with E-state index in [-0.39, 0.29) is 17.7 Å². The van der Waals surface area contributed by atoms with Crippen molar-refractivity contribution in [1.82, 2.24) is 5.32 Å². The van der Waals surface area contributed by atoms with E-state index in [0.717, 1.165) is 0 Å². The number of nitrogens with two attached hydrogens (primary N) is 1. The van der Waals surface area contributed by atoms with Crippen LogP contribution < -0.4 is 11.1 Å². The molecule has 0 spiro atoms. The van der Waals surface area contributed by atoms with Crippen molar-refractivity contribution in [2.45, 2.75) is 6.92 Å². The molecule has 4 heteroatoms. The fourth-order valence-electron chi connectivity index (χ4n) is 1.08. The van der Waals surface area contributed by atoms with E-state index in [1.54, 1.807) is 6.92 Å². The zero-order valence-electron chi connectivity index (χ0n) is 5.76. The maximum Gasteiger partial charge on any atom is 0.223 e. The average Bonchev–Trinajstić information content (AvgIpc) is 2.14. The monoisotopic (exact) mass is 142 g/mol. The number of hydrogen-bond acceptors (Lipinski definition) is 2. The highest BCUT2D eigenvalue weighted by Gasteiger charge is 2.34. The Kier molecular flexibility index (Phi) is 1.61. The quantitative estimate of drug-likeness (QED) is 0.485. The Morgan fingerprint density at radius 3 is 2.60 bits per heavy atom. The summed E-state index contributed by atoms with van der Waals surface area (Å²) in [6.07, 6.45) is 0. The molecule has 1 saturated heterocycles. The lowest BCUT2D eigenvalue weighted by molar-refractivity contribution is -0.127. The molecule has 4 nitrogen and oxygen atoms in total. The Balaban J connectivity index is 2.66. The first-order valence-corrected chi connectivity index (χ1v) is 3.20. The van der Waals surface area contributed by atoms with Gasteiger partial charge in [-0.2, -0.15) is 0 Å². The Hall–Kier alpha value is -1.06. The lowest BCUT2D eigenvalue weighted by Gasteiger charge is -2.05. The Labute approximate surface area is 58.8 Å². The van der Waals surface area contributed by atoms with Gasteiger partial charge in [-0.3, -0.25) is 9.59 Å². The third kappa shape index (κ3) is 0.964. The van der Waals surface area contributed by atoms with Crippen molar-refractivity contribution in [2.75, 3.05) is 6.54 Å². The third-order valence-electron chi connectivity index (χ3n) is 1.88. The van der Waals surface area contributed by atoms with Crippen LogP contribution in [0, 0.1) is 11.8 Å². The number of nitrogens with one attached hydrogen (secondary N) is 1. The predicted molar refractivity (Wildman–Crippen MR) is 34.9 cm³/mol. The van der Waals surface area contributed by atoms with Gasteiger partial charge in [0.2, 0.25) is 11.8 Å². The Bertz CT molecular complexity index is 179. The van der Waals surface area contributed by atoms with Crippen LogP contribution in [0.3, 0.4) is 0 Å². The van der Waals surface area contributed by atoms with E-state index in [9.17, 15) is 9.59 Å². The summed E-state index contributed by atoms with van der Waals surface area (Å²) in [5.41, 5.74) is 5.02. The summed E-state index contributed by atoms with van der Waals surface area (Å²) in [4.78, 5) is 21.4. The predicted octanol–water partition coefficient (Wildman–Crippen LogP) is -1.15. The van der Waals surface area contributed by atoms with Crippen LogP contribution in [-0.4, -0.2) is 18.4 Å². The summed E-state index contributed by atoms with van der Waals surface area (Å²) in [6, 6.07) is 0. The van der Waals surface area contributed by atoms with E-state index >= 15 is 0 Å². The van der Waals surface area contributed by atoms with Crippen molar-refractivity contribution in [2.24, 2.45) is 17.6 Å². The van der Waals surface area contributed by atoms with E-state index in [1.807, 2.05) is 0 Å². The second-order valence-corrected chi connectivity index (χ2v) is 2.54. The zero-order chi connectivity index (χ0) is 7.72. The van der Waals surface area contributed by atoms with Crippen LogP contribution >= 0.6 is 0 Å². The highest BCUT2D eigenvalue weighted by Crippen LogP contribution is 2.15. The minimum absolute atomic E-state index is 0.0798. The molecule has 0 aromatic heterocycles. The van der Waals surface area contributed by atoms with Gasteiger partial charge in [-0.1, -0.05) is 6.92 Å². The zero-order valence-corrected chi connectivity index (χ0v) is 5.76. The molecule has 0 aliphatic carbocycles. The normalized spacial score (nSPS) is 31.9. The van der Waals surface area contributed by atoms with E-state index < -0.39 is 5.91 Å². The number of carbonyl (C=O) groups is 2. The summed E-state index contributed by atoms with van der Waals surface area (Å²) < 4.78 is 0. The van der Waals surface area contributed by atoms with Crippen LogP contribution in [-0.2, 0) is 9.59 Å². The molecule has 0 aromatic rings. The molecule has 0 saturated carbocycles. The van der Waals surface area contributed by atoms with Crippen LogP contribution in [0.4, 0.5) is 0 Å². The number of hydrogen-bond donors (Lipinski definition) is 2. The molecule has 1 aliphatic rings. The molecule has 1 fully saturated rings. The Morgan fingerprint density at radius 2 is 2.40 bits per heavy atom. The first-order chi connectivity index (χ1) is 4.63. The fraction of sp³-hybridized carbons (Fsp3) is 0.667. The lowest BCUT2D eigenvalue weighted by Crippen LogP contribution is -2.28. The molecule has 0 bridgehead atoms. The Morgan fingerprint density at radius 1 is 1.80 bits per heavy atom. The first-order valence-electron chi connectivity index (χ1n) is 3.20. The molecule has 0 aromatic carbocycles. The summed E-state index contributed by atoms with van der Waals surface area (Å²) in [7, 11) is 0. The molecule has 3 N–H and O–H groups in total. The average molecular weight is 142 g/mol. The topological polar surface area (TPSA) is 72.2 Å². The molecule has 1 aliphatic heterocycles. The van der Waals surface area contributed by atoms with E-state index in [1.165, 1.54) is 0 Å². The van der Waals surface area contributed by atoms with Gasteiger partial charge in [-0.15, -0.1) is 0 Å². The second kappa shape index (κ2) is 2.28. The summed E-state index contributed by atoms with van der Waals surface area (Å²) in [6.45, 7) is 2.10. The van der Waals surface area contributed by atoms with Crippen LogP contribution in [0.2, 0.25) is 0 Å². The molecule has 2 amide bonds.